The van der Waals surface area contributed by atoms with Crippen LogP contribution in [0.3, 0.4) is 0 Å². The fourth-order valence-electron chi connectivity index (χ4n) is 3.52. The number of rotatable bonds is 8. The molecule has 0 spiro atoms. The summed E-state index contributed by atoms with van der Waals surface area (Å²) < 4.78 is 36.1. The van der Waals surface area contributed by atoms with Crippen LogP contribution in [0.25, 0.3) is 5.69 Å². The number of Topliss-reactive ketones (excluding diaryl/α,β-unsaturated/α-hetero) is 1. The minimum Gasteiger partial charge on any atom is -0.451 e. The molecule has 0 aliphatic rings. The summed E-state index contributed by atoms with van der Waals surface area (Å²) in [6.07, 6.45) is -1.18. The van der Waals surface area contributed by atoms with E-state index in [4.69, 9.17) is 10.5 Å². The molecule has 0 aliphatic carbocycles. The molecule has 0 amide bonds. The molecule has 1 atom stereocenters. The van der Waals surface area contributed by atoms with E-state index in [1.807, 2.05) is 0 Å². The van der Waals surface area contributed by atoms with Crippen molar-refractivity contribution >= 4 is 23.1 Å². The molecule has 2 N–H and O–H groups in total. The SMILES string of the molecule is Cc1cc(C(=O)C(C)OC(=O)c2ccc(N)c([N+](=O)[O-])c2)c(C)n1-c1ccc(OC(F)F)cc1. The van der Waals surface area contributed by atoms with Gasteiger partial charge in [-0.05, 0) is 63.2 Å². The molecule has 9 nitrogen and oxygen atoms in total. The first kappa shape index (κ1) is 24.4. The van der Waals surface area contributed by atoms with Crippen molar-refractivity contribution < 1.29 is 32.8 Å². The van der Waals surface area contributed by atoms with Gasteiger partial charge in [0.05, 0.1) is 10.5 Å². The fraction of sp³-hybridized carbons (Fsp3) is 0.217. The number of ketones is 1. The number of alkyl halides is 2. The van der Waals surface area contributed by atoms with Gasteiger partial charge in [-0.2, -0.15) is 8.78 Å². The fourth-order valence-corrected chi connectivity index (χ4v) is 3.52. The number of hydrogen-bond donors (Lipinski definition) is 1. The zero-order valence-corrected chi connectivity index (χ0v) is 18.5. The highest BCUT2D eigenvalue weighted by molar-refractivity contribution is 6.02. The minimum absolute atomic E-state index is 0.000881. The highest BCUT2D eigenvalue weighted by Gasteiger charge is 2.26. The maximum Gasteiger partial charge on any atom is 0.387 e. The maximum absolute atomic E-state index is 13.0. The van der Waals surface area contributed by atoms with E-state index in [9.17, 15) is 28.5 Å². The van der Waals surface area contributed by atoms with Crippen LogP contribution in [0.1, 0.15) is 39.0 Å². The molecule has 3 rings (SSSR count). The molecule has 0 aliphatic heterocycles. The molecule has 178 valence electrons. The van der Waals surface area contributed by atoms with Crippen LogP contribution in [0.4, 0.5) is 20.2 Å². The molecule has 34 heavy (non-hydrogen) atoms. The van der Waals surface area contributed by atoms with Crippen molar-refractivity contribution in [3.05, 3.63) is 81.2 Å². The largest absolute Gasteiger partial charge is 0.451 e. The van der Waals surface area contributed by atoms with E-state index in [0.29, 0.717) is 22.6 Å². The summed E-state index contributed by atoms with van der Waals surface area (Å²) in [6.45, 7) is 1.92. The molecule has 3 aromatic rings. The summed E-state index contributed by atoms with van der Waals surface area (Å²) in [4.78, 5) is 35.8. The summed E-state index contributed by atoms with van der Waals surface area (Å²) in [5, 5.41) is 11.0. The molecular formula is C23H21F2N3O6. The van der Waals surface area contributed by atoms with Gasteiger partial charge in [0.2, 0.25) is 5.78 Å². The van der Waals surface area contributed by atoms with E-state index in [-0.39, 0.29) is 17.0 Å². The summed E-state index contributed by atoms with van der Waals surface area (Å²) in [6, 6.07) is 11.0. The Labute approximate surface area is 192 Å². The lowest BCUT2D eigenvalue weighted by Gasteiger charge is -2.14. The first-order valence-electron chi connectivity index (χ1n) is 10.0. The predicted molar refractivity (Wildman–Crippen MR) is 119 cm³/mol. The van der Waals surface area contributed by atoms with Gasteiger partial charge < -0.3 is 19.8 Å². The first-order chi connectivity index (χ1) is 16.0. The van der Waals surface area contributed by atoms with Crippen LogP contribution in [0.5, 0.6) is 5.75 Å². The molecule has 0 fully saturated rings. The number of nitro groups is 1. The van der Waals surface area contributed by atoms with Crippen molar-refractivity contribution in [2.24, 2.45) is 0 Å². The van der Waals surface area contributed by atoms with Gasteiger partial charge in [-0.25, -0.2) is 4.79 Å². The molecule has 1 aromatic heterocycles. The molecular weight excluding hydrogens is 452 g/mol. The molecule has 2 aromatic carbocycles. The van der Waals surface area contributed by atoms with Gasteiger partial charge in [0.15, 0.2) is 6.10 Å². The smallest absolute Gasteiger partial charge is 0.387 e. The number of carbonyl (C=O) groups is 2. The average Bonchev–Trinajstić information content (AvgIpc) is 3.07. The Hall–Kier alpha value is -4.28. The molecule has 0 saturated carbocycles. The highest BCUT2D eigenvalue weighted by Crippen LogP contribution is 2.26. The second-order valence-electron chi connectivity index (χ2n) is 7.44. The van der Waals surface area contributed by atoms with Crippen LogP contribution in [0.15, 0.2) is 48.5 Å². The third kappa shape index (κ3) is 5.03. The molecule has 11 heteroatoms. The lowest BCUT2D eigenvalue weighted by Crippen LogP contribution is -2.25. The van der Waals surface area contributed by atoms with Crippen LogP contribution >= 0.6 is 0 Å². The maximum atomic E-state index is 13.0. The zero-order valence-electron chi connectivity index (χ0n) is 18.5. The Kier molecular flexibility index (Phi) is 6.94. The van der Waals surface area contributed by atoms with E-state index >= 15 is 0 Å². The highest BCUT2D eigenvalue weighted by atomic mass is 19.3. The van der Waals surface area contributed by atoms with E-state index in [1.165, 1.54) is 31.2 Å². The van der Waals surface area contributed by atoms with Crippen LogP contribution < -0.4 is 10.5 Å². The van der Waals surface area contributed by atoms with Gasteiger partial charge in [0, 0.05) is 28.7 Å². The van der Waals surface area contributed by atoms with Gasteiger partial charge >= 0.3 is 12.6 Å². The number of esters is 1. The van der Waals surface area contributed by atoms with E-state index in [2.05, 4.69) is 4.74 Å². The average molecular weight is 473 g/mol. The number of nitrogen functional groups attached to an aromatic ring is 1. The van der Waals surface area contributed by atoms with Crippen molar-refractivity contribution in [1.29, 1.82) is 0 Å². The van der Waals surface area contributed by atoms with Crippen LogP contribution in [0.2, 0.25) is 0 Å². The lowest BCUT2D eigenvalue weighted by molar-refractivity contribution is -0.383. The third-order valence-electron chi connectivity index (χ3n) is 5.13. The monoisotopic (exact) mass is 473 g/mol. The molecule has 0 saturated heterocycles. The standard InChI is InChI=1S/C23H21F2N3O6/c1-12-10-18(13(2)27(12)16-5-7-17(8-6-16)34-23(24)25)21(29)14(3)33-22(30)15-4-9-19(26)20(11-15)28(31)32/h4-11,14,23H,26H2,1-3H3. The minimum atomic E-state index is -2.94. The summed E-state index contributed by atoms with van der Waals surface area (Å²) >= 11 is 0. The van der Waals surface area contributed by atoms with E-state index in [0.717, 1.165) is 6.07 Å². The predicted octanol–water partition coefficient (Wildman–Crippen LogP) is 4.61. The number of nitro benzene ring substituents is 1. The number of nitrogens with two attached hydrogens (primary N) is 1. The van der Waals surface area contributed by atoms with Crippen molar-refractivity contribution in [2.75, 3.05) is 5.73 Å². The Morgan fingerprint density at radius 2 is 1.74 bits per heavy atom. The number of aryl methyl sites for hydroxylation is 1. The van der Waals surface area contributed by atoms with Gasteiger partial charge in [-0.3, -0.25) is 14.9 Å². The second-order valence-corrected chi connectivity index (χ2v) is 7.44. The third-order valence-corrected chi connectivity index (χ3v) is 5.13. The second kappa shape index (κ2) is 9.69. The number of nitrogens with zero attached hydrogens (tertiary/aromatic N) is 2. The Balaban J connectivity index is 1.80. The van der Waals surface area contributed by atoms with Crippen molar-refractivity contribution in [3.63, 3.8) is 0 Å². The van der Waals surface area contributed by atoms with Crippen LogP contribution in [0, 0.1) is 24.0 Å². The molecule has 0 bridgehead atoms. The Bertz CT molecular complexity index is 1250. The number of anilines is 1. The van der Waals surface area contributed by atoms with Crippen molar-refractivity contribution in [3.8, 4) is 11.4 Å². The summed E-state index contributed by atoms with van der Waals surface area (Å²) in [5.74, 6) is -1.39. The van der Waals surface area contributed by atoms with Gasteiger partial charge in [0.25, 0.3) is 5.69 Å². The molecule has 1 heterocycles. The van der Waals surface area contributed by atoms with Gasteiger partial charge in [-0.15, -0.1) is 0 Å². The quantitative estimate of drug-likeness (QED) is 0.166. The number of halogens is 2. The molecule has 1 unspecified atom stereocenters. The Morgan fingerprint density at radius 1 is 1.09 bits per heavy atom. The molecule has 0 radical (unpaired) electrons. The summed E-state index contributed by atoms with van der Waals surface area (Å²) in [5.41, 5.74) is 7.04. The van der Waals surface area contributed by atoms with Gasteiger partial charge in [-0.1, -0.05) is 0 Å². The van der Waals surface area contributed by atoms with Crippen molar-refractivity contribution in [1.82, 2.24) is 4.57 Å². The van der Waals surface area contributed by atoms with E-state index < -0.39 is 35.1 Å². The van der Waals surface area contributed by atoms with Crippen LogP contribution in [-0.4, -0.2) is 34.0 Å². The first-order valence-corrected chi connectivity index (χ1v) is 10.0. The van der Waals surface area contributed by atoms with Crippen LogP contribution in [-0.2, 0) is 4.74 Å². The number of aromatic nitrogens is 1. The number of benzene rings is 2. The van der Waals surface area contributed by atoms with E-state index in [1.54, 1.807) is 36.6 Å². The Morgan fingerprint density at radius 3 is 2.32 bits per heavy atom. The summed E-state index contributed by atoms with van der Waals surface area (Å²) in [7, 11) is 0. The normalized spacial score (nSPS) is 11.8. The topological polar surface area (TPSA) is 127 Å². The number of carbonyl (C=O) groups excluding carboxylic acids is 2. The number of hydrogen-bond acceptors (Lipinski definition) is 7. The number of ether oxygens (including phenoxy) is 2. The van der Waals surface area contributed by atoms with Crippen molar-refractivity contribution in [2.45, 2.75) is 33.5 Å². The zero-order chi connectivity index (χ0) is 25.2. The van der Waals surface area contributed by atoms with Gasteiger partial charge in [0.1, 0.15) is 11.4 Å². The lowest BCUT2D eigenvalue weighted by atomic mass is 10.1.